The molecule has 278 valence electrons. The number of hydrogen-bond donors (Lipinski definition) is 2. The van der Waals surface area contributed by atoms with Gasteiger partial charge in [0.05, 0.1) is 29.7 Å². The van der Waals surface area contributed by atoms with Gasteiger partial charge in [0.25, 0.3) is 5.91 Å². The Balaban J connectivity index is 0.884. The number of aromatic nitrogens is 5. The van der Waals surface area contributed by atoms with Crippen molar-refractivity contribution in [3.8, 4) is 11.8 Å². The second kappa shape index (κ2) is 14.4. The van der Waals surface area contributed by atoms with Gasteiger partial charge in [-0.3, -0.25) is 38.4 Å². The van der Waals surface area contributed by atoms with Gasteiger partial charge in [-0.1, -0.05) is 6.07 Å². The van der Waals surface area contributed by atoms with Crippen molar-refractivity contribution in [1.29, 1.82) is 5.26 Å². The van der Waals surface area contributed by atoms with Gasteiger partial charge in [-0.05, 0) is 80.5 Å². The highest BCUT2D eigenvalue weighted by Crippen LogP contribution is 2.39. The molecule has 0 spiro atoms. The van der Waals surface area contributed by atoms with E-state index in [1.54, 1.807) is 36.9 Å². The number of rotatable bonds is 8. The molecule has 3 aromatic heterocycles. The minimum Gasteiger partial charge on any atom is -0.494 e. The molecule has 5 aromatic rings. The quantitative estimate of drug-likeness (QED) is 0.224. The van der Waals surface area contributed by atoms with E-state index >= 15 is 0 Å². The van der Waals surface area contributed by atoms with Crippen molar-refractivity contribution in [3.05, 3.63) is 76.6 Å². The molecule has 3 aliphatic rings. The Kier molecular flexibility index (Phi) is 9.36. The number of aryl methyl sites for hydroxylation is 1. The summed E-state index contributed by atoms with van der Waals surface area (Å²) in [6.45, 7) is 4.33. The van der Waals surface area contributed by atoms with Crippen molar-refractivity contribution in [1.82, 2.24) is 34.1 Å². The van der Waals surface area contributed by atoms with Gasteiger partial charge in [-0.15, -0.1) is 0 Å². The third-order valence-corrected chi connectivity index (χ3v) is 11.2. The maximum Gasteiger partial charge on any atom is 0.329 e. The summed E-state index contributed by atoms with van der Waals surface area (Å²) in [5, 5.41) is 20.2. The molecule has 3 fully saturated rings. The molecule has 3 amide bonds. The Morgan fingerprint density at radius 1 is 1.02 bits per heavy atom. The minimum absolute atomic E-state index is 0.189. The molecule has 2 aliphatic heterocycles. The smallest absolute Gasteiger partial charge is 0.329 e. The first-order valence-corrected chi connectivity index (χ1v) is 18.5. The number of nitriles is 1. The third kappa shape index (κ3) is 6.57. The number of benzene rings is 2. The first kappa shape index (κ1) is 35.0. The zero-order chi connectivity index (χ0) is 37.5. The number of methoxy groups -OCH3 is 1. The number of nitrogens with one attached hydrogen (secondary N) is 2. The van der Waals surface area contributed by atoms with Crippen LogP contribution in [0.25, 0.3) is 21.9 Å². The van der Waals surface area contributed by atoms with Crippen molar-refractivity contribution in [3.63, 3.8) is 0 Å². The van der Waals surface area contributed by atoms with Gasteiger partial charge >= 0.3 is 5.69 Å². The molecule has 1 saturated carbocycles. The summed E-state index contributed by atoms with van der Waals surface area (Å²) in [6, 6.07) is 15.7. The maximum absolute atomic E-state index is 13.6. The largest absolute Gasteiger partial charge is 0.494 e. The van der Waals surface area contributed by atoms with E-state index in [0.29, 0.717) is 28.9 Å². The standard InChI is InChI=1S/C39H42N10O5/c1-45-35-31(49(39(45)53)32-13-15-34(50)43-38(32)52)12-14-33(54-2)36(35)47-18-16-46(17-19-47)22-24-6-9-28(10-7-24)48-23-25-20-26(8-11-29(25)44-48)42-37(51)30-5-3-4-27(21-40)41-30/h3-5,8,11-12,14,20,23-24,28,32H,6-7,9-10,13,15-19,22H2,1-2H3,(H,42,51)(H,43,50,52). The molecular weight excluding hydrogens is 688 g/mol. The number of imide groups is 1. The van der Waals surface area contributed by atoms with E-state index in [9.17, 15) is 19.2 Å². The number of amides is 3. The summed E-state index contributed by atoms with van der Waals surface area (Å²) in [5.41, 5.74) is 3.83. The average Bonchev–Trinajstić information content (AvgIpc) is 3.72. The molecule has 2 saturated heterocycles. The van der Waals surface area contributed by atoms with E-state index < -0.39 is 11.9 Å². The zero-order valence-electron chi connectivity index (χ0n) is 30.3. The number of pyridine rings is 1. The number of hydrogen-bond acceptors (Lipinski definition) is 10. The van der Waals surface area contributed by atoms with Crippen molar-refractivity contribution in [2.45, 2.75) is 50.6 Å². The number of nitrogens with zero attached hydrogens (tertiary/aromatic N) is 8. The highest BCUT2D eigenvalue weighted by molar-refractivity contribution is 6.04. The zero-order valence-corrected chi connectivity index (χ0v) is 30.3. The predicted molar refractivity (Wildman–Crippen MR) is 201 cm³/mol. The van der Waals surface area contributed by atoms with Gasteiger partial charge in [-0.2, -0.15) is 10.4 Å². The Morgan fingerprint density at radius 3 is 2.56 bits per heavy atom. The second-order valence-electron chi connectivity index (χ2n) is 14.5. The van der Waals surface area contributed by atoms with E-state index in [4.69, 9.17) is 15.1 Å². The van der Waals surface area contributed by atoms with Gasteiger partial charge in [0.2, 0.25) is 11.8 Å². The van der Waals surface area contributed by atoms with Crippen LogP contribution in [0, 0.1) is 17.2 Å². The number of piperidine rings is 1. The summed E-state index contributed by atoms with van der Waals surface area (Å²) in [6.07, 6.45) is 6.85. The van der Waals surface area contributed by atoms with E-state index in [-0.39, 0.29) is 41.7 Å². The third-order valence-electron chi connectivity index (χ3n) is 11.2. The molecule has 54 heavy (non-hydrogen) atoms. The molecule has 2 aromatic carbocycles. The molecule has 0 bridgehead atoms. The SMILES string of the molecule is COc1ccc2c(c1N1CCN(CC3CCC(n4cc5cc(NC(=O)c6cccc(C#N)n6)ccc5n4)CC3)CC1)n(C)c(=O)n2C1CCC(=O)NC1=O. The van der Waals surface area contributed by atoms with E-state index in [0.717, 1.165) is 80.5 Å². The summed E-state index contributed by atoms with van der Waals surface area (Å²) in [7, 11) is 3.36. The normalized spacial score (nSPS) is 20.9. The van der Waals surface area contributed by atoms with Crippen LogP contribution in [0.5, 0.6) is 5.75 Å². The van der Waals surface area contributed by atoms with Gasteiger partial charge in [0.1, 0.15) is 34.9 Å². The summed E-state index contributed by atoms with van der Waals surface area (Å²) in [5.74, 6) is 0.134. The van der Waals surface area contributed by atoms with E-state index in [1.807, 2.05) is 36.4 Å². The van der Waals surface area contributed by atoms with Crippen LogP contribution in [-0.4, -0.2) is 86.4 Å². The number of carbonyl (C=O) groups is 3. The molecule has 0 radical (unpaired) electrons. The predicted octanol–water partition coefficient (Wildman–Crippen LogP) is 3.75. The van der Waals surface area contributed by atoms with Crippen LogP contribution >= 0.6 is 0 Å². The molecule has 15 heteroatoms. The van der Waals surface area contributed by atoms with Crippen LogP contribution in [0.1, 0.15) is 66.8 Å². The Labute approximate surface area is 311 Å². The molecule has 1 atom stereocenters. The van der Waals surface area contributed by atoms with Crippen LogP contribution in [0.4, 0.5) is 11.4 Å². The van der Waals surface area contributed by atoms with Crippen molar-refractivity contribution < 1.29 is 19.1 Å². The number of ether oxygens (including phenoxy) is 1. The molecule has 8 rings (SSSR count). The topological polar surface area (TPSA) is 172 Å². The lowest BCUT2D eigenvalue weighted by Crippen LogP contribution is -2.48. The molecule has 1 aliphatic carbocycles. The van der Waals surface area contributed by atoms with E-state index in [1.165, 1.54) is 4.57 Å². The Hall–Kier alpha value is -6.01. The summed E-state index contributed by atoms with van der Waals surface area (Å²) < 4.78 is 11.0. The van der Waals surface area contributed by atoms with Gasteiger partial charge in [-0.25, -0.2) is 9.78 Å². The number of anilines is 2. The molecule has 5 heterocycles. The summed E-state index contributed by atoms with van der Waals surface area (Å²) in [4.78, 5) is 59.8. The van der Waals surface area contributed by atoms with Gasteiger partial charge in [0.15, 0.2) is 0 Å². The van der Waals surface area contributed by atoms with Crippen molar-refractivity contribution >= 4 is 51.0 Å². The van der Waals surface area contributed by atoms with Crippen LogP contribution in [0.3, 0.4) is 0 Å². The van der Waals surface area contributed by atoms with Gasteiger partial charge in [0, 0.05) is 63.5 Å². The lowest BCUT2D eigenvalue weighted by molar-refractivity contribution is -0.135. The fourth-order valence-corrected chi connectivity index (χ4v) is 8.38. The Bertz CT molecular complexity index is 2370. The number of imidazole rings is 1. The maximum atomic E-state index is 13.6. The van der Waals surface area contributed by atoms with Crippen LogP contribution in [0.2, 0.25) is 0 Å². The second-order valence-corrected chi connectivity index (χ2v) is 14.5. The fraction of sp³-hybridized carbons (Fsp3) is 0.410. The van der Waals surface area contributed by atoms with E-state index in [2.05, 4.69) is 36.3 Å². The van der Waals surface area contributed by atoms with Crippen LogP contribution < -0.4 is 26.0 Å². The monoisotopic (exact) mass is 730 g/mol. The van der Waals surface area contributed by atoms with Crippen molar-refractivity contribution in [2.75, 3.05) is 50.1 Å². The summed E-state index contributed by atoms with van der Waals surface area (Å²) >= 11 is 0. The number of piperazine rings is 1. The molecule has 2 N–H and O–H groups in total. The first-order chi connectivity index (χ1) is 26.2. The molecule has 1 unspecified atom stereocenters. The molecular formula is C39H42N10O5. The lowest BCUT2D eigenvalue weighted by atomic mass is 9.85. The fourth-order valence-electron chi connectivity index (χ4n) is 8.38. The number of carbonyl (C=O) groups excluding carboxylic acids is 3. The lowest BCUT2D eigenvalue weighted by Gasteiger charge is -2.39. The van der Waals surface area contributed by atoms with Crippen molar-refractivity contribution in [2.24, 2.45) is 13.0 Å². The van der Waals surface area contributed by atoms with Crippen LogP contribution in [0.15, 0.2) is 59.5 Å². The Morgan fingerprint density at radius 2 is 1.81 bits per heavy atom. The highest BCUT2D eigenvalue weighted by atomic mass is 16.5. The average molecular weight is 731 g/mol. The molecule has 15 nitrogen and oxygen atoms in total. The highest BCUT2D eigenvalue weighted by Gasteiger charge is 2.34. The number of fused-ring (bicyclic) bond motifs is 2. The minimum atomic E-state index is -0.745. The first-order valence-electron chi connectivity index (χ1n) is 18.5. The van der Waals surface area contributed by atoms with Crippen LogP contribution in [-0.2, 0) is 16.6 Å². The van der Waals surface area contributed by atoms with Gasteiger partial charge < -0.3 is 15.0 Å².